The lowest BCUT2D eigenvalue weighted by Crippen LogP contribution is -2.19. The Kier molecular flexibility index (Phi) is 4.53. The SMILES string of the molecule is NC(=NO)c1ccccc1CNCc1ccccc1. The van der Waals surface area contributed by atoms with Crippen molar-refractivity contribution >= 4 is 5.84 Å². The van der Waals surface area contributed by atoms with Gasteiger partial charge in [-0.25, -0.2) is 0 Å². The zero-order valence-corrected chi connectivity index (χ0v) is 10.6. The minimum atomic E-state index is 0.136. The fourth-order valence-corrected chi connectivity index (χ4v) is 1.92. The van der Waals surface area contributed by atoms with Gasteiger partial charge in [0.15, 0.2) is 5.84 Å². The zero-order chi connectivity index (χ0) is 13.5. The summed E-state index contributed by atoms with van der Waals surface area (Å²) in [5.74, 6) is 0.136. The molecule has 4 N–H and O–H groups in total. The molecule has 19 heavy (non-hydrogen) atoms. The Morgan fingerprint density at radius 3 is 2.42 bits per heavy atom. The molecule has 2 aromatic carbocycles. The van der Waals surface area contributed by atoms with Gasteiger partial charge in [0.25, 0.3) is 0 Å². The van der Waals surface area contributed by atoms with E-state index in [4.69, 9.17) is 10.9 Å². The van der Waals surface area contributed by atoms with Crippen LogP contribution < -0.4 is 11.1 Å². The van der Waals surface area contributed by atoms with Crippen molar-refractivity contribution in [3.05, 3.63) is 71.3 Å². The number of amidine groups is 1. The van der Waals surface area contributed by atoms with Crippen molar-refractivity contribution in [3.8, 4) is 0 Å². The molecule has 0 aliphatic heterocycles. The molecule has 0 radical (unpaired) electrons. The van der Waals surface area contributed by atoms with Crippen LogP contribution in [0.4, 0.5) is 0 Å². The number of nitrogens with one attached hydrogen (secondary N) is 1. The van der Waals surface area contributed by atoms with E-state index >= 15 is 0 Å². The summed E-state index contributed by atoms with van der Waals surface area (Å²) >= 11 is 0. The van der Waals surface area contributed by atoms with Gasteiger partial charge in [0.05, 0.1) is 0 Å². The van der Waals surface area contributed by atoms with Crippen molar-refractivity contribution in [1.82, 2.24) is 5.32 Å². The molecule has 0 bridgehead atoms. The van der Waals surface area contributed by atoms with Gasteiger partial charge in [-0.15, -0.1) is 0 Å². The molecule has 0 saturated heterocycles. The second kappa shape index (κ2) is 6.56. The zero-order valence-electron chi connectivity index (χ0n) is 10.6. The third-order valence-electron chi connectivity index (χ3n) is 2.89. The minimum absolute atomic E-state index is 0.136. The molecule has 0 heterocycles. The van der Waals surface area contributed by atoms with Crippen molar-refractivity contribution < 1.29 is 5.21 Å². The van der Waals surface area contributed by atoms with E-state index in [1.54, 1.807) is 0 Å². The summed E-state index contributed by atoms with van der Waals surface area (Å²) in [6.45, 7) is 1.45. The fraction of sp³-hybridized carbons (Fsp3) is 0.133. The quantitative estimate of drug-likeness (QED) is 0.331. The van der Waals surface area contributed by atoms with E-state index in [-0.39, 0.29) is 5.84 Å². The van der Waals surface area contributed by atoms with Crippen LogP contribution in [0.1, 0.15) is 16.7 Å². The predicted octanol–water partition coefficient (Wildman–Crippen LogP) is 2.07. The Balaban J connectivity index is 2.00. The van der Waals surface area contributed by atoms with Crippen molar-refractivity contribution in [2.24, 2.45) is 10.9 Å². The molecule has 0 aromatic heterocycles. The topological polar surface area (TPSA) is 70.6 Å². The predicted molar refractivity (Wildman–Crippen MR) is 75.9 cm³/mol. The minimum Gasteiger partial charge on any atom is -0.409 e. The standard InChI is InChI=1S/C15H17N3O/c16-15(18-19)14-9-5-4-8-13(14)11-17-10-12-6-2-1-3-7-12/h1-9,17,19H,10-11H2,(H2,16,18). The first-order valence-corrected chi connectivity index (χ1v) is 6.11. The van der Waals surface area contributed by atoms with Crippen LogP contribution in [0.3, 0.4) is 0 Å². The van der Waals surface area contributed by atoms with Gasteiger partial charge >= 0.3 is 0 Å². The summed E-state index contributed by atoms with van der Waals surface area (Å²) in [4.78, 5) is 0. The van der Waals surface area contributed by atoms with Gasteiger partial charge in [-0.2, -0.15) is 0 Å². The number of nitrogens with zero attached hydrogens (tertiary/aromatic N) is 1. The van der Waals surface area contributed by atoms with Crippen molar-refractivity contribution in [2.45, 2.75) is 13.1 Å². The van der Waals surface area contributed by atoms with Crippen molar-refractivity contribution in [2.75, 3.05) is 0 Å². The van der Waals surface area contributed by atoms with E-state index < -0.39 is 0 Å². The molecule has 0 unspecified atom stereocenters. The van der Waals surface area contributed by atoms with E-state index in [9.17, 15) is 0 Å². The second-order valence-corrected chi connectivity index (χ2v) is 4.23. The lowest BCUT2D eigenvalue weighted by atomic mass is 10.1. The average Bonchev–Trinajstić information content (AvgIpc) is 2.48. The van der Waals surface area contributed by atoms with Crippen LogP contribution in [0, 0.1) is 0 Å². The third kappa shape index (κ3) is 3.56. The number of hydrogen-bond acceptors (Lipinski definition) is 3. The van der Waals surface area contributed by atoms with Gasteiger partial charge in [-0.05, 0) is 11.1 Å². The Bertz CT molecular complexity index is 552. The number of benzene rings is 2. The summed E-state index contributed by atoms with van der Waals surface area (Å²) in [5, 5.41) is 15.2. The third-order valence-corrected chi connectivity index (χ3v) is 2.89. The van der Waals surface area contributed by atoms with Crippen LogP contribution in [-0.2, 0) is 13.1 Å². The molecular formula is C15H17N3O. The normalized spacial score (nSPS) is 11.5. The Morgan fingerprint density at radius 1 is 1.00 bits per heavy atom. The van der Waals surface area contributed by atoms with Gasteiger partial charge < -0.3 is 16.3 Å². The van der Waals surface area contributed by atoms with Gasteiger partial charge in [0.1, 0.15) is 0 Å². The highest BCUT2D eigenvalue weighted by Crippen LogP contribution is 2.08. The highest BCUT2D eigenvalue weighted by atomic mass is 16.4. The van der Waals surface area contributed by atoms with Crippen LogP contribution in [0.5, 0.6) is 0 Å². The van der Waals surface area contributed by atoms with Crippen molar-refractivity contribution in [1.29, 1.82) is 0 Å². The summed E-state index contributed by atoms with van der Waals surface area (Å²) in [5.41, 5.74) is 8.64. The van der Waals surface area contributed by atoms with Gasteiger partial charge in [-0.1, -0.05) is 59.8 Å². The number of hydrogen-bond donors (Lipinski definition) is 3. The highest BCUT2D eigenvalue weighted by molar-refractivity contribution is 5.98. The summed E-state index contributed by atoms with van der Waals surface area (Å²) in [6.07, 6.45) is 0. The van der Waals surface area contributed by atoms with Gasteiger partial charge in [0, 0.05) is 18.7 Å². The molecule has 4 nitrogen and oxygen atoms in total. The number of nitrogens with two attached hydrogens (primary N) is 1. The molecule has 0 spiro atoms. The fourth-order valence-electron chi connectivity index (χ4n) is 1.92. The molecule has 0 fully saturated rings. The monoisotopic (exact) mass is 255 g/mol. The maximum absolute atomic E-state index is 8.76. The first-order valence-electron chi connectivity index (χ1n) is 6.11. The lowest BCUT2D eigenvalue weighted by Gasteiger charge is -2.09. The van der Waals surface area contributed by atoms with E-state index in [0.29, 0.717) is 6.54 Å². The Hall–Kier alpha value is -2.33. The molecule has 0 atom stereocenters. The smallest absolute Gasteiger partial charge is 0.170 e. The Labute approximate surface area is 112 Å². The molecule has 2 aromatic rings. The van der Waals surface area contributed by atoms with Crippen molar-refractivity contribution in [3.63, 3.8) is 0 Å². The molecule has 98 valence electrons. The van der Waals surface area contributed by atoms with Crippen LogP contribution in [0.15, 0.2) is 59.8 Å². The maximum atomic E-state index is 8.76. The van der Waals surface area contributed by atoms with Crippen LogP contribution in [0.2, 0.25) is 0 Å². The highest BCUT2D eigenvalue weighted by Gasteiger charge is 2.05. The van der Waals surface area contributed by atoms with Gasteiger partial charge in [-0.3, -0.25) is 0 Å². The summed E-state index contributed by atoms with van der Waals surface area (Å²) < 4.78 is 0. The number of rotatable bonds is 5. The van der Waals surface area contributed by atoms with E-state index in [1.807, 2.05) is 42.5 Å². The Morgan fingerprint density at radius 2 is 1.68 bits per heavy atom. The maximum Gasteiger partial charge on any atom is 0.170 e. The first-order chi connectivity index (χ1) is 9.31. The average molecular weight is 255 g/mol. The first kappa shape index (κ1) is 13.1. The summed E-state index contributed by atoms with van der Waals surface area (Å²) in [7, 11) is 0. The lowest BCUT2D eigenvalue weighted by molar-refractivity contribution is 0.318. The molecular weight excluding hydrogens is 238 g/mol. The van der Waals surface area contributed by atoms with E-state index in [1.165, 1.54) is 5.56 Å². The molecule has 4 heteroatoms. The van der Waals surface area contributed by atoms with Crippen LogP contribution in [0.25, 0.3) is 0 Å². The van der Waals surface area contributed by atoms with E-state index in [2.05, 4.69) is 22.6 Å². The van der Waals surface area contributed by atoms with Crippen LogP contribution >= 0.6 is 0 Å². The van der Waals surface area contributed by atoms with Gasteiger partial charge in [0.2, 0.25) is 0 Å². The second-order valence-electron chi connectivity index (χ2n) is 4.23. The summed E-state index contributed by atoms with van der Waals surface area (Å²) in [6, 6.07) is 17.8. The van der Waals surface area contributed by atoms with E-state index in [0.717, 1.165) is 17.7 Å². The molecule has 2 rings (SSSR count). The number of oxime groups is 1. The molecule has 0 aliphatic rings. The largest absolute Gasteiger partial charge is 0.409 e. The molecule has 0 saturated carbocycles. The molecule has 0 aliphatic carbocycles. The molecule has 0 amide bonds. The van der Waals surface area contributed by atoms with Crippen LogP contribution in [-0.4, -0.2) is 11.0 Å².